The smallest absolute Gasteiger partial charge is 0.336 e. The number of rotatable bonds is 6. The molecule has 1 N–H and O–H groups in total. The van der Waals surface area contributed by atoms with Gasteiger partial charge in [0.15, 0.2) is 14.4 Å². The summed E-state index contributed by atoms with van der Waals surface area (Å²) < 4.78 is 32.9. The van der Waals surface area contributed by atoms with Crippen LogP contribution in [-0.2, 0) is 19.3 Å². The van der Waals surface area contributed by atoms with Gasteiger partial charge in [-0.25, -0.2) is 4.79 Å². The largest absolute Gasteiger partial charge is 0.479 e. The lowest BCUT2D eigenvalue weighted by Gasteiger charge is -2.24. The molecule has 0 aliphatic rings. The van der Waals surface area contributed by atoms with E-state index in [0.29, 0.717) is 0 Å². The first-order chi connectivity index (χ1) is 8.99. The van der Waals surface area contributed by atoms with Crippen molar-refractivity contribution in [3.8, 4) is 5.75 Å². The molecule has 0 amide bonds. The third-order valence-electron chi connectivity index (χ3n) is 2.14. The molecule has 6 nitrogen and oxygen atoms in total. The van der Waals surface area contributed by atoms with Crippen LogP contribution in [-0.4, -0.2) is 34.1 Å². The molecule has 0 bridgehead atoms. The Bertz CT molecular complexity index is 590. The second-order valence-electron chi connectivity index (χ2n) is 5.27. The van der Waals surface area contributed by atoms with Crippen LogP contribution in [0.15, 0.2) is 24.3 Å². The summed E-state index contributed by atoms with van der Waals surface area (Å²) in [7, 11) is -5.87. The molecule has 1 aromatic rings. The lowest BCUT2D eigenvalue weighted by Crippen LogP contribution is -2.31. The van der Waals surface area contributed by atoms with Crippen LogP contribution >= 0.6 is 0 Å². The van der Waals surface area contributed by atoms with Gasteiger partial charge in [0, 0.05) is 5.56 Å². The number of para-hydroxylation sites is 1. The highest BCUT2D eigenvalue weighted by molar-refractivity contribution is 7.86. The van der Waals surface area contributed by atoms with Crippen molar-refractivity contribution in [1.82, 2.24) is 0 Å². The van der Waals surface area contributed by atoms with E-state index in [1.165, 1.54) is 12.1 Å². The second-order valence-corrected chi connectivity index (χ2v) is 11.3. The molecule has 0 radical (unpaired) electrons. The lowest BCUT2D eigenvalue weighted by atomic mass is 10.1. The van der Waals surface area contributed by atoms with Crippen LogP contribution in [0, 0.1) is 0 Å². The van der Waals surface area contributed by atoms with E-state index >= 15 is 0 Å². The zero-order valence-electron chi connectivity index (χ0n) is 11.8. The summed E-state index contributed by atoms with van der Waals surface area (Å²) in [5, 5.41) is 9.31. The van der Waals surface area contributed by atoms with Gasteiger partial charge in [-0.05, 0) is 25.7 Å². The molecule has 0 saturated carbocycles. The molecule has 0 aliphatic carbocycles. The van der Waals surface area contributed by atoms with Gasteiger partial charge in [-0.2, -0.15) is 8.42 Å². The van der Waals surface area contributed by atoms with E-state index in [0.717, 1.165) is 6.26 Å². The maximum Gasteiger partial charge on any atom is 0.336 e. The average Bonchev–Trinajstić information content (AvgIpc) is 2.23. The molecule has 0 fully saturated rings. The molecule has 112 valence electrons. The molecule has 0 heterocycles. The minimum Gasteiger partial charge on any atom is -0.479 e. The molecule has 1 unspecified atom stereocenters. The van der Waals surface area contributed by atoms with E-state index in [2.05, 4.69) is 0 Å². The number of aliphatic carboxylic acids is 1. The van der Waals surface area contributed by atoms with Crippen LogP contribution in [0.5, 0.6) is 5.75 Å². The molecule has 0 saturated heterocycles. The number of hydrogen-bond acceptors (Lipinski definition) is 5. The van der Waals surface area contributed by atoms with E-state index in [-0.39, 0.29) is 11.3 Å². The summed E-state index contributed by atoms with van der Waals surface area (Å²) in [4.78, 5) is 11.4. The van der Waals surface area contributed by atoms with Crippen LogP contribution < -0.4 is 4.18 Å². The number of carboxylic acid groups (broad SMARTS) is 1. The van der Waals surface area contributed by atoms with Crippen molar-refractivity contribution in [3.63, 3.8) is 0 Å². The highest BCUT2D eigenvalue weighted by Crippen LogP contribution is 2.31. The van der Waals surface area contributed by atoms with E-state index in [1.54, 1.807) is 12.1 Å². The summed E-state index contributed by atoms with van der Waals surface area (Å²) in [6.07, 6.45) is -0.349. The SMILES string of the molecule is C[Si](C)(C)OC(C(=O)O)c1ccccc1OS(C)(=O)=O. The molecular weight excluding hydrogens is 300 g/mol. The first kappa shape index (κ1) is 16.7. The Hall–Kier alpha value is -1.38. The van der Waals surface area contributed by atoms with Gasteiger partial charge >= 0.3 is 16.1 Å². The zero-order chi connectivity index (χ0) is 15.6. The van der Waals surface area contributed by atoms with Gasteiger partial charge in [-0.1, -0.05) is 18.2 Å². The first-order valence-corrected chi connectivity index (χ1v) is 11.1. The van der Waals surface area contributed by atoms with Crippen LogP contribution in [0.4, 0.5) is 0 Å². The Kier molecular flexibility index (Phi) is 4.95. The van der Waals surface area contributed by atoms with Gasteiger partial charge in [-0.3, -0.25) is 0 Å². The predicted molar refractivity (Wildman–Crippen MR) is 76.7 cm³/mol. The predicted octanol–water partition coefficient (Wildman–Crippen LogP) is 2.00. The lowest BCUT2D eigenvalue weighted by molar-refractivity contribution is -0.145. The van der Waals surface area contributed by atoms with Gasteiger partial charge in [0.2, 0.25) is 0 Å². The fraction of sp³-hybridized carbons (Fsp3) is 0.417. The Labute approximate surface area is 119 Å². The van der Waals surface area contributed by atoms with E-state index in [9.17, 15) is 18.3 Å². The van der Waals surface area contributed by atoms with Crippen LogP contribution in [0.25, 0.3) is 0 Å². The van der Waals surface area contributed by atoms with Crippen molar-refractivity contribution >= 4 is 24.4 Å². The van der Waals surface area contributed by atoms with Gasteiger partial charge < -0.3 is 13.7 Å². The van der Waals surface area contributed by atoms with Gasteiger partial charge in [0.25, 0.3) is 0 Å². The number of hydrogen-bond donors (Lipinski definition) is 1. The fourth-order valence-corrected chi connectivity index (χ4v) is 2.95. The minimum atomic E-state index is -3.74. The van der Waals surface area contributed by atoms with Crippen LogP contribution in [0.3, 0.4) is 0 Å². The van der Waals surface area contributed by atoms with Crippen molar-refractivity contribution in [2.24, 2.45) is 0 Å². The molecule has 8 heteroatoms. The summed E-state index contributed by atoms with van der Waals surface area (Å²) in [6, 6.07) is 6.06. The van der Waals surface area contributed by atoms with Crippen molar-refractivity contribution in [2.45, 2.75) is 25.7 Å². The number of carbonyl (C=O) groups is 1. The normalized spacial score (nSPS) is 13.8. The topological polar surface area (TPSA) is 89.9 Å². The molecule has 20 heavy (non-hydrogen) atoms. The summed E-state index contributed by atoms with van der Waals surface area (Å²) >= 11 is 0. The first-order valence-electron chi connectivity index (χ1n) is 5.88. The molecule has 0 aliphatic heterocycles. The Morgan fingerprint density at radius 1 is 1.25 bits per heavy atom. The molecule has 1 atom stereocenters. The number of benzene rings is 1. The van der Waals surface area contributed by atoms with Crippen molar-refractivity contribution in [2.75, 3.05) is 6.26 Å². The van der Waals surface area contributed by atoms with Crippen molar-refractivity contribution in [1.29, 1.82) is 0 Å². The Balaban J connectivity index is 3.24. The van der Waals surface area contributed by atoms with Crippen molar-refractivity contribution in [3.05, 3.63) is 29.8 Å². The third-order valence-corrected chi connectivity index (χ3v) is 3.56. The highest BCUT2D eigenvalue weighted by atomic mass is 32.2. The zero-order valence-corrected chi connectivity index (χ0v) is 13.6. The number of carboxylic acids is 1. The van der Waals surface area contributed by atoms with Gasteiger partial charge in [0.1, 0.15) is 5.75 Å². The maximum atomic E-state index is 11.4. The molecule has 0 spiro atoms. The summed E-state index contributed by atoms with van der Waals surface area (Å²) in [5.74, 6) is -1.21. The van der Waals surface area contributed by atoms with Gasteiger partial charge in [0.05, 0.1) is 6.26 Å². The molecule has 0 aromatic heterocycles. The van der Waals surface area contributed by atoms with Crippen LogP contribution in [0.2, 0.25) is 19.6 Å². The third kappa shape index (κ3) is 5.31. The quantitative estimate of drug-likeness (QED) is 0.637. The van der Waals surface area contributed by atoms with E-state index < -0.39 is 30.5 Å². The van der Waals surface area contributed by atoms with Crippen LogP contribution in [0.1, 0.15) is 11.7 Å². The summed E-state index contributed by atoms with van der Waals surface area (Å²) in [6.45, 7) is 5.55. The summed E-state index contributed by atoms with van der Waals surface area (Å²) in [5.41, 5.74) is 0.188. The Morgan fingerprint density at radius 3 is 2.25 bits per heavy atom. The second kappa shape index (κ2) is 5.94. The monoisotopic (exact) mass is 318 g/mol. The van der Waals surface area contributed by atoms with E-state index in [4.69, 9.17) is 8.61 Å². The maximum absolute atomic E-state index is 11.4. The fourth-order valence-electron chi connectivity index (χ4n) is 1.54. The standard InChI is InChI=1S/C12H18O6SSi/c1-19(15,16)17-10-8-6-5-7-9(10)11(12(13)14)18-20(2,3)4/h5-8,11H,1-4H3,(H,13,14). The molecule has 1 rings (SSSR count). The highest BCUT2D eigenvalue weighted by Gasteiger charge is 2.30. The van der Waals surface area contributed by atoms with Gasteiger partial charge in [-0.15, -0.1) is 0 Å². The minimum absolute atomic E-state index is 0.0272. The van der Waals surface area contributed by atoms with Crippen molar-refractivity contribution < 1.29 is 26.9 Å². The average molecular weight is 318 g/mol. The molecule has 1 aromatic carbocycles. The molecular formula is C12H18O6SSi. The van der Waals surface area contributed by atoms with E-state index in [1.807, 2.05) is 19.6 Å². The Morgan fingerprint density at radius 2 is 1.80 bits per heavy atom.